The molecule has 0 bridgehead atoms. The zero-order chi connectivity index (χ0) is 24.1. The maximum absolute atomic E-state index is 12.4. The van der Waals surface area contributed by atoms with Crippen molar-refractivity contribution in [1.29, 1.82) is 0 Å². The molecule has 0 amide bonds. The summed E-state index contributed by atoms with van der Waals surface area (Å²) in [4.78, 5) is 39.7. The molecule has 10 nitrogen and oxygen atoms in total. The van der Waals surface area contributed by atoms with Gasteiger partial charge in [0.25, 0.3) is 0 Å². The van der Waals surface area contributed by atoms with Gasteiger partial charge in [-0.15, -0.1) is 0 Å². The van der Waals surface area contributed by atoms with Crippen LogP contribution in [0.1, 0.15) is 25.0 Å². The molecule has 172 valence electrons. The number of hydrogen-bond acceptors (Lipinski definition) is 10. The summed E-state index contributed by atoms with van der Waals surface area (Å²) in [6.45, 7) is 2.40. The molecule has 1 aliphatic heterocycles. The molecular formula is C23H21NO9. The van der Waals surface area contributed by atoms with Crippen LogP contribution in [0.4, 0.5) is 0 Å². The van der Waals surface area contributed by atoms with E-state index >= 15 is 0 Å². The Bertz CT molecular complexity index is 1180. The molecule has 2 aromatic rings. The van der Waals surface area contributed by atoms with E-state index in [2.05, 4.69) is 4.99 Å². The summed E-state index contributed by atoms with van der Waals surface area (Å²) in [5.74, 6) is -0.909. The molecule has 33 heavy (non-hydrogen) atoms. The molecule has 0 saturated carbocycles. The number of nitrogens with zero attached hydrogens (tertiary/aromatic N) is 1. The Morgan fingerprint density at radius 2 is 1.48 bits per heavy atom. The topological polar surface area (TPSA) is 119 Å². The van der Waals surface area contributed by atoms with Crippen molar-refractivity contribution < 1.29 is 42.8 Å². The summed E-state index contributed by atoms with van der Waals surface area (Å²) in [5, 5.41) is 0. The first-order valence-corrected chi connectivity index (χ1v) is 9.59. The second-order valence-electron chi connectivity index (χ2n) is 6.64. The molecule has 0 unspecified atom stereocenters. The molecule has 0 aromatic heterocycles. The molecular weight excluding hydrogens is 434 g/mol. The number of cyclic esters (lactones) is 1. The molecule has 0 saturated heterocycles. The van der Waals surface area contributed by atoms with Crippen LogP contribution in [-0.2, 0) is 19.1 Å². The third-order valence-corrected chi connectivity index (χ3v) is 4.32. The van der Waals surface area contributed by atoms with E-state index in [9.17, 15) is 14.4 Å². The van der Waals surface area contributed by atoms with Crippen LogP contribution in [0.15, 0.2) is 41.0 Å². The lowest BCUT2D eigenvalue weighted by atomic mass is 10.1. The Hall–Kier alpha value is -4.34. The first-order valence-electron chi connectivity index (χ1n) is 9.59. The van der Waals surface area contributed by atoms with Gasteiger partial charge in [0.1, 0.15) is 0 Å². The zero-order valence-electron chi connectivity index (χ0n) is 18.6. The molecule has 0 spiro atoms. The van der Waals surface area contributed by atoms with Crippen LogP contribution in [0, 0.1) is 0 Å². The van der Waals surface area contributed by atoms with Crippen LogP contribution in [0.3, 0.4) is 0 Å². The van der Waals surface area contributed by atoms with Gasteiger partial charge < -0.3 is 28.4 Å². The molecule has 1 heterocycles. The van der Waals surface area contributed by atoms with Gasteiger partial charge in [0.2, 0.25) is 11.6 Å². The number of aliphatic imine (C=N–C) groups is 1. The normalized spacial score (nSPS) is 13.8. The second-order valence-corrected chi connectivity index (χ2v) is 6.64. The molecule has 0 radical (unpaired) electrons. The van der Waals surface area contributed by atoms with E-state index < -0.39 is 17.9 Å². The lowest BCUT2D eigenvalue weighted by Gasteiger charge is -2.13. The molecule has 10 heteroatoms. The number of methoxy groups -OCH3 is 3. The predicted octanol–water partition coefficient (Wildman–Crippen LogP) is 2.91. The van der Waals surface area contributed by atoms with Gasteiger partial charge in [-0.05, 0) is 42.0 Å². The van der Waals surface area contributed by atoms with Crippen molar-refractivity contribution in [3.8, 4) is 28.7 Å². The largest absolute Gasteiger partial charge is 0.493 e. The molecule has 0 aliphatic carbocycles. The van der Waals surface area contributed by atoms with Crippen molar-refractivity contribution in [1.82, 2.24) is 0 Å². The standard InChI is InChI=1S/C23H21NO9/c1-12(25)31-20-10-14(9-19(30-5)21(20)32-13(2)26)8-16-23(27)33-22(24-16)15-6-7-17(28-3)18(11-15)29-4/h6-11H,1-5H3/b16-8+. The van der Waals surface area contributed by atoms with Gasteiger partial charge in [0.15, 0.2) is 28.7 Å². The minimum atomic E-state index is -0.683. The van der Waals surface area contributed by atoms with E-state index in [0.717, 1.165) is 0 Å². The van der Waals surface area contributed by atoms with Crippen molar-refractivity contribution in [3.63, 3.8) is 0 Å². The highest BCUT2D eigenvalue weighted by Crippen LogP contribution is 2.40. The van der Waals surface area contributed by atoms with Gasteiger partial charge in [-0.25, -0.2) is 9.79 Å². The van der Waals surface area contributed by atoms with Crippen LogP contribution in [0.2, 0.25) is 0 Å². The lowest BCUT2D eigenvalue weighted by Crippen LogP contribution is -2.08. The predicted molar refractivity (Wildman–Crippen MR) is 116 cm³/mol. The first-order chi connectivity index (χ1) is 15.7. The second kappa shape index (κ2) is 9.86. The van der Waals surface area contributed by atoms with Gasteiger partial charge in [-0.3, -0.25) is 9.59 Å². The summed E-state index contributed by atoms with van der Waals surface area (Å²) in [7, 11) is 4.35. The number of carbonyl (C=O) groups is 3. The fourth-order valence-corrected chi connectivity index (χ4v) is 2.97. The Balaban J connectivity index is 2.03. The van der Waals surface area contributed by atoms with Gasteiger partial charge in [-0.1, -0.05) is 0 Å². The summed E-state index contributed by atoms with van der Waals surface area (Å²) in [6, 6.07) is 7.87. The molecule has 0 atom stereocenters. The quantitative estimate of drug-likeness (QED) is 0.353. The maximum atomic E-state index is 12.4. The summed E-state index contributed by atoms with van der Waals surface area (Å²) < 4.78 is 31.3. The number of esters is 3. The van der Waals surface area contributed by atoms with Gasteiger partial charge in [-0.2, -0.15) is 0 Å². The number of benzene rings is 2. The zero-order valence-corrected chi connectivity index (χ0v) is 18.6. The summed E-state index contributed by atoms with van der Waals surface area (Å²) in [5.41, 5.74) is 0.895. The smallest absolute Gasteiger partial charge is 0.363 e. The highest BCUT2D eigenvalue weighted by atomic mass is 16.6. The van der Waals surface area contributed by atoms with E-state index in [4.69, 9.17) is 28.4 Å². The Kier molecular flexibility index (Phi) is 6.97. The van der Waals surface area contributed by atoms with Crippen LogP contribution in [-0.4, -0.2) is 45.1 Å². The monoisotopic (exact) mass is 455 g/mol. The van der Waals surface area contributed by atoms with Gasteiger partial charge >= 0.3 is 17.9 Å². The fraction of sp³-hybridized carbons (Fsp3) is 0.217. The molecule has 0 N–H and O–H groups in total. The fourth-order valence-electron chi connectivity index (χ4n) is 2.97. The molecule has 2 aromatic carbocycles. The average Bonchev–Trinajstić information content (AvgIpc) is 3.14. The van der Waals surface area contributed by atoms with Crippen LogP contribution in [0.5, 0.6) is 28.7 Å². The van der Waals surface area contributed by atoms with Crippen LogP contribution < -0.4 is 23.7 Å². The van der Waals surface area contributed by atoms with Crippen LogP contribution >= 0.6 is 0 Å². The van der Waals surface area contributed by atoms with Crippen LogP contribution in [0.25, 0.3) is 6.08 Å². The highest BCUT2D eigenvalue weighted by Gasteiger charge is 2.26. The highest BCUT2D eigenvalue weighted by molar-refractivity contribution is 6.13. The van der Waals surface area contributed by atoms with Crippen molar-refractivity contribution in [2.45, 2.75) is 13.8 Å². The van der Waals surface area contributed by atoms with E-state index in [1.165, 1.54) is 53.4 Å². The maximum Gasteiger partial charge on any atom is 0.363 e. The van der Waals surface area contributed by atoms with E-state index in [0.29, 0.717) is 22.6 Å². The minimum absolute atomic E-state index is 0.00384. The average molecular weight is 455 g/mol. The van der Waals surface area contributed by atoms with E-state index in [1.54, 1.807) is 18.2 Å². The van der Waals surface area contributed by atoms with Crippen molar-refractivity contribution in [2.75, 3.05) is 21.3 Å². The summed E-state index contributed by atoms with van der Waals surface area (Å²) >= 11 is 0. The van der Waals surface area contributed by atoms with Gasteiger partial charge in [0.05, 0.1) is 21.3 Å². The van der Waals surface area contributed by atoms with Crippen molar-refractivity contribution in [3.05, 3.63) is 47.2 Å². The lowest BCUT2D eigenvalue weighted by molar-refractivity contribution is -0.134. The van der Waals surface area contributed by atoms with E-state index in [1.807, 2.05) is 0 Å². The van der Waals surface area contributed by atoms with Gasteiger partial charge in [0, 0.05) is 19.4 Å². The Labute approximate surface area is 189 Å². The Morgan fingerprint density at radius 3 is 2.09 bits per heavy atom. The third-order valence-electron chi connectivity index (χ3n) is 4.32. The number of ether oxygens (including phenoxy) is 6. The molecule has 3 rings (SSSR count). The minimum Gasteiger partial charge on any atom is -0.493 e. The number of carbonyl (C=O) groups excluding carboxylic acids is 3. The van der Waals surface area contributed by atoms with E-state index in [-0.39, 0.29) is 28.8 Å². The summed E-state index contributed by atoms with van der Waals surface area (Å²) in [6.07, 6.45) is 1.42. The number of hydrogen-bond donors (Lipinski definition) is 0. The molecule has 0 fully saturated rings. The SMILES string of the molecule is COc1ccc(C2=N/C(=C/c3cc(OC)c(OC(C)=O)c(OC(C)=O)c3)C(=O)O2)cc1OC. The molecule has 1 aliphatic rings. The Morgan fingerprint density at radius 1 is 0.848 bits per heavy atom. The number of rotatable bonds is 7. The van der Waals surface area contributed by atoms with Crippen molar-refractivity contribution in [2.24, 2.45) is 4.99 Å². The third kappa shape index (κ3) is 5.29. The van der Waals surface area contributed by atoms with Crippen molar-refractivity contribution >= 4 is 29.9 Å². The first kappa shape index (κ1) is 23.3.